The van der Waals surface area contributed by atoms with Crippen LogP contribution in [0.2, 0.25) is 0 Å². The molecule has 1 amide bonds. The third-order valence-corrected chi connectivity index (χ3v) is 5.68. The number of nitrogens with one attached hydrogen (secondary N) is 2. The van der Waals surface area contributed by atoms with Crippen molar-refractivity contribution < 1.29 is 4.79 Å². The fraction of sp³-hybridized carbons (Fsp3) is 0.944. The molecule has 0 aromatic heterocycles. The van der Waals surface area contributed by atoms with Crippen LogP contribution < -0.4 is 10.6 Å². The lowest BCUT2D eigenvalue weighted by atomic mass is 9.85. The van der Waals surface area contributed by atoms with Gasteiger partial charge in [0.25, 0.3) is 0 Å². The molecule has 2 atom stereocenters. The Morgan fingerprint density at radius 3 is 2.65 bits per heavy atom. The minimum atomic E-state index is 0.228. The van der Waals surface area contributed by atoms with Gasteiger partial charge in [0.05, 0.1) is 0 Å². The van der Waals surface area contributed by atoms with Gasteiger partial charge >= 0.3 is 0 Å². The summed E-state index contributed by atoms with van der Waals surface area (Å²) in [4.78, 5) is 16.9. The Balaban J connectivity index is 1.56. The van der Waals surface area contributed by atoms with Gasteiger partial charge in [0.1, 0.15) is 0 Å². The molecule has 2 saturated heterocycles. The van der Waals surface area contributed by atoms with Crippen LogP contribution in [0.25, 0.3) is 0 Å². The predicted octanol–water partition coefficient (Wildman–Crippen LogP) is 1.15. The van der Waals surface area contributed by atoms with E-state index in [0.29, 0.717) is 18.3 Å². The van der Waals surface area contributed by atoms with Crippen molar-refractivity contribution in [3.63, 3.8) is 0 Å². The SMILES string of the molecule is CC(CC(=O)NCCN1CCC(N(C)C)CC1)C1CCCNC1. The van der Waals surface area contributed by atoms with Crippen LogP contribution in [0.1, 0.15) is 39.0 Å². The van der Waals surface area contributed by atoms with Crippen LogP contribution in [0, 0.1) is 11.8 Å². The molecule has 5 nitrogen and oxygen atoms in total. The first-order chi connectivity index (χ1) is 11.1. The summed E-state index contributed by atoms with van der Waals surface area (Å²) < 4.78 is 0. The molecule has 5 heteroatoms. The molecule has 0 radical (unpaired) electrons. The first-order valence-electron chi connectivity index (χ1n) is 9.42. The summed E-state index contributed by atoms with van der Waals surface area (Å²) in [6.07, 6.45) is 5.68. The number of rotatable bonds is 7. The third kappa shape index (κ3) is 6.40. The van der Waals surface area contributed by atoms with E-state index in [1.165, 1.54) is 25.7 Å². The van der Waals surface area contributed by atoms with Gasteiger partial charge in [0.15, 0.2) is 0 Å². The van der Waals surface area contributed by atoms with Crippen molar-refractivity contribution in [2.24, 2.45) is 11.8 Å². The zero-order chi connectivity index (χ0) is 16.7. The normalized spacial score (nSPS) is 25.5. The van der Waals surface area contributed by atoms with Gasteiger partial charge in [-0.2, -0.15) is 0 Å². The van der Waals surface area contributed by atoms with Gasteiger partial charge in [-0.25, -0.2) is 0 Å². The molecule has 134 valence electrons. The van der Waals surface area contributed by atoms with Crippen molar-refractivity contribution in [3.05, 3.63) is 0 Å². The highest BCUT2D eigenvalue weighted by Gasteiger charge is 2.22. The number of hydrogen-bond acceptors (Lipinski definition) is 4. The molecular formula is C18H36N4O. The molecule has 2 N–H and O–H groups in total. The van der Waals surface area contributed by atoms with E-state index in [-0.39, 0.29) is 5.91 Å². The lowest BCUT2D eigenvalue weighted by Gasteiger charge is -2.35. The maximum atomic E-state index is 12.1. The second-order valence-electron chi connectivity index (χ2n) is 7.67. The fourth-order valence-corrected chi connectivity index (χ4v) is 3.91. The highest BCUT2D eigenvalue weighted by atomic mass is 16.1. The lowest BCUT2D eigenvalue weighted by molar-refractivity contribution is -0.122. The minimum Gasteiger partial charge on any atom is -0.355 e. The number of piperidine rings is 2. The Morgan fingerprint density at radius 1 is 1.30 bits per heavy atom. The number of carbonyl (C=O) groups excluding carboxylic acids is 1. The van der Waals surface area contributed by atoms with E-state index < -0.39 is 0 Å². The van der Waals surface area contributed by atoms with Gasteiger partial charge in [-0.1, -0.05) is 6.92 Å². The monoisotopic (exact) mass is 324 g/mol. The molecule has 0 aromatic rings. The van der Waals surface area contributed by atoms with Crippen LogP contribution in [0.3, 0.4) is 0 Å². The molecule has 2 heterocycles. The van der Waals surface area contributed by atoms with Crippen LogP contribution in [-0.2, 0) is 4.79 Å². The van der Waals surface area contributed by atoms with Gasteiger partial charge in [-0.3, -0.25) is 4.79 Å². The van der Waals surface area contributed by atoms with E-state index in [1.807, 2.05) is 0 Å². The number of carbonyl (C=O) groups is 1. The quantitative estimate of drug-likeness (QED) is 0.738. The second-order valence-corrected chi connectivity index (χ2v) is 7.67. The maximum Gasteiger partial charge on any atom is 0.220 e. The van der Waals surface area contributed by atoms with E-state index in [4.69, 9.17) is 0 Å². The first kappa shape index (κ1) is 18.7. The summed E-state index contributed by atoms with van der Waals surface area (Å²) >= 11 is 0. The highest BCUT2D eigenvalue weighted by molar-refractivity contribution is 5.76. The summed E-state index contributed by atoms with van der Waals surface area (Å²) in [5.41, 5.74) is 0. The molecule has 0 aliphatic carbocycles. The predicted molar refractivity (Wildman–Crippen MR) is 95.5 cm³/mol. The zero-order valence-electron chi connectivity index (χ0n) is 15.3. The maximum absolute atomic E-state index is 12.1. The Kier molecular flexibility index (Phi) is 7.80. The molecular weight excluding hydrogens is 288 g/mol. The largest absolute Gasteiger partial charge is 0.355 e. The molecule has 2 aliphatic heterocycles. The van der Waals surface area contributed by atoms with E-state index >= 15 is 0 Å². The molecule has 2 unspecified atom stereocenters. The van der Waals surface area contributed by atoms with E-state index in [1.54, 1.807) is 0 Å². The number of likely N-dealkylation sites (tertiary alicyclic amines) is 1. The fourth-order valence-electron chi connectivity index (χ4n) is 3.91. The Morgan fingerprint density at radius 2 is 2.04 bits per heavy atom. The Labute approximate surface area is 142 Å². The van der Waals surface area contributed by atoms with Crippen molar-refractivity contribution in [2.45, 2.75) is 45.1 Å². The molecule has 0 bridgehead atoms. The summed E-state index contributed by atoms with van der Waals surface area (Å²) in [6.45, 7) is 8.54. The van der Waals surface area contributed by atoms with Crippen LogP contribution >= 0.6 is 0 Å². The van der Waals surface area contributed by atoms with Crippen LogP contribution in [-0.4, -0.2) is 75.1 Å². The van der Waals surface area contributed by atoms with E-state index in [0.717, 1.165) is 45.3 Å². The van der Waals surface area contributed by atoms with E-state index in [2.05, 4.69) is 41.5 Å². The summed E-state index contributed by atoms with van der Waals surface area (Å²) in [7, 11) is 4.34. The number of hydrogen-bond donors (Lipinski definition) is 2. The lowest BCUT2D eigenvalue weighted by Crippen LogP contribution is -2.44. The van der Waals surface area contributed by atoms with Crippen LogP contribution in [0.5, 0.6) is 0 Å². The smallest absolute Gasteiger partial charge is 0.220 e. The van der Waals surface area contributed by atoms with Gasteiger partial charge in [0.2, 0.25) is 5.91 Å². The third-order valence-electron chi connectivity index (χ3n) is 5.68. The van der Waals surface area contributed by atoms with Crippen molar-refractivity contribution in [1.82, 2.24) is 20.4 Å². The average molecular weight is 325 g/mol. The van der Waals surface area contributed by atoms with Crippen LogP contribution in [0.4, 0.5) is 0 Å². The average Bonchev–Trinajstić information content (AvgIpc) is 2.56. The standard InChI is InChI=1S/C18H36N4O/c1-15(16-5-4-8-19-14-16)13-18(23)20-9-12-22-10-6-17(7-11-22)21(2)3/h15-17,19H,4-14H2,1-3H3,(H,20,23). The topological polar surface area (TPSA) is 47.6 Å². The number of nitrogens with zero attached hydrogens (tertiary/aromatic N) is 2. The minimum absolute atomic E-state index is 0.228. The molecule has 2 rings (SSSR count). The van der Waals surface area contributed by atoms with Crippen molar-refractivity contribution in [2.75, 3.05) is 53.4 Å². The summed E-state index contributed by atoms with van der Waals surface area (Å²) in [5.74, 6) is 1.38. The van der Waals surface area contributed by atoms with Crippen molar-refractivity contribution in [3.8, 4) is 0 Å². The molecule has 0 aromatic carbocycles. The van der Waals surface area contributed by atoms with Crippen molar-refractivity contribution in [1.29, 1.82) is 0 Å². The van der Waals surface area contributed by atoms with Crippen molar-refractivity contribution >= 4 is 5.91 Å². The zero-order valence-corrected chi connectivity index (χ0v) is 15.3. The van der Waals surface area contributed by atoms with Crippen LogP contribution in [0.15, 0.2) is 0 Å². The van der Waals surface area contributed by atoms with Gasteiger partial charge in [0, 0.05) is 25.6 Å². The van der Waals surface area contributed by atoms with E-state index in [9.17, 15) is 4.79 Å². The van der Waals surface area contributed by atoms with Gasteiger partial charge in [-0.15, -0.1) is 0 Å². The molecule has 0 spiro atoms. The molecule has 2 aliphatic rings. The summed E-state index contributed by atoms with van der Waals surface area (Å²) in [6, 6.07) is 0.728. The summed E-state index contributed by atoms with van der Waals surface area (Å²) in [5, 5.41) is 6.57. The second kappa shape index (κ2) is 9.60. The molecule has 0 saturated carbocycles. The molecule has 2 fully saturated rings. The first-order valence-corrected chi connectivity index (χ1v) is 9.42. The van der Waals surface area contributed by atoms with Gasteiger partial charge in [-0.05, 0) is 77.8 Å². The Bertz CT molecular complexity index is 347. The number of amides is 1. The highest BCUT2D eigenvalue weighted by Crippen LogP contribution is 2.22. The Hall–Kier alpha value is -0.650. The molecule has 23 heavy (non-hydrogen) atoms. The van der Waals surface area contributed by atoms with Gasteiger partial charge < -0.3 is 20.4 Å².